The number of amides is 2. The molecule has 50 heavy (non-hydrogen) atoms. The largest absolute Gasteiger partial charge is 0.355 e. The molecule has 3 aromatic carbocycles. The molecule has 5 aromatic rings. The zero-order valence-electron chi connectivity index (χ0n) is 28.5. The second-order valence-corrected chi connectivity index (χ2v) is 14.3. The average molecular weight is 700 g/mol. The van der Waals surface area contributed by atoms with Crippen molar-refractivity contribution in [1.29, 1.82) is 0 Å². The Labute approximate surface area is 291 Å². The van der Waals surface area contributed by atoms with E-state index in [0.717, 1.165) is 18.4 Å². The summed E-state index contributed by atoms with van der Waals surface area (Å²) in [6, 6.07) is 21.5. The molecule has 0 aliphatic rings. The molecule has 2 amide bonds. The van der Waals surface area contributed by atoms with Crippen LogP contribution in [0.25, 0.3) is 22.2 Å². The average Bonchev–Trinajstić information content (AvgIpc) is 3.43. The topological polar surface area (TPSA) is 132 Å². The highest BCUT2D eigenvalue weighted by atomic mass is 32.2. The predicted octanol–water partition coefficient (Wildman–Crippen LogP) is 5.60. The van der Waals surface area contributed by atoms with E-state index in [0.29, 0.717) is 42.2 Å². The Morgan fingerprint density at radius 1 is 0.940 bits per heavy atom. The predicted molar refractivity (Wildman–Crippen MR) is 191 cm³/mol. The van der Waals surface area contributed by atoms with Gasteiger partial charge in [-0.3, -0.25) is 14.4 Å². The number of halogens is 1. The maximum atomic E-state index is 15.9. The minimum absolute atomic E-state index is 0.00476. The van der Waals surface area contributed by atoms with Gasteiger partial charge in [0, 0.05) is 36.7 Å². The Kier molecular flexibility index (Phi) is 11.6. The molecule has 12 heteroatoms. The molecule has 0 bridgehead atoms. The van der Waals surface area contributed by atoms with Crippen LogP contribution in [-0.4, -0.2) is 40.9 Å². The third-order valence-corrected chi connectivity index (χ3v) is 9.81. The third kappa shape index (κ3) is 8.73. The summed E-state index contributed by atoms with van der Waals surface area (Å²) >= 11 is 0. The number of pyridine rings is 1. The molecule has 2 aromatic heterocycles. The van der Waals surface area contributed by atoms with E-state index in [1.165, 1.54) is 16.7 Å². The zero-order chi connectivity index (χ0) is 35.8. The molecule has 0 saturated carbocycles. The van der Waals surface area contributed by atoms with Gasteiger partial charge >= 0.3 is 0 Å². The van der Waals surface area contributed by atoms with Gasteiger partial charge in [-0.15, -0.1) is 0 Å². The molecule has 2 N–H and O–H groups in total. The number of aromatic nitrogens is 3. The van der Waals surface area contributed by atoms with Gasteiger partial charge in [0.1, 0.15) is 23.7 Å². The molecular formula is C38H42FN5O5S. The van der Waals surface area contributed by atoms with E-state index in [1.54, 1.807) is 47.2 Å². The Bertz CT molecular complexity index is 2160. The molecule has 5 rings (SSSR count). The van der Waals surface area contributed by atoms with Gasteiger partial charge < -0.3 is 14.5 Å². The minimum atomic E-state index is -4.27. The Morgan fingerprint density at radius 2 is 1.68 bits per heavy atom. The van der Waals surface area contributed by atoms with Crippen LogP contribution in [0.2, 0.25) is 0 Å². The Morgan fingerprint density at radius 3 is 2.40 bits per heavy atom. The number of hydrogen-bond donors (Lipinski definition) is 2. The number of rotatable bonds is 15. The van der Waals surface area contributed by atoms with Crippen molar-refractivity contribution in [3.63, 3.8) is 0 Å². The van der Waals surface area contributed by atoms with Gasteiger partial charge in [-0.2, -0.15) is 0 Å². The lowest BCUT2D eigenvalue weighted by molar-refractivity contribution is -0.122. The summed E-state index contributed by atoms with van der Waals surface area (Å²) in [4.78, 5) is 43.4. The van der Waals surface area contributed by atoms with E-state index in [2.05, 4.69) is 28.9 Å². The van der Waals surface area contributed by atoms with Gasteiger partial charge in [-0.25, -0.2) is 22.5 Å². The van der Waals surface area contributed by atoms with Crippen molar-refractivity contribution in [1.82, 2.24) is 24.2 Å². The molecule has 0 unspecified atom stereocenters. The van der Waals surface area contributed by atoms with Gasteiger partial charge in [0.15, 0.2) is 0 Å². The fraction of sp³-hybridized carbons (Fsp3) is 0.316. The van der Waals surface area contributed by atoms with Gasteiger partial charge in [0.05, 0.1) is 17.0 Å². The number of nitrogens with one attached hydrogen (secondary N) is 2. The van der Waals surface area contributed by atoms with Crippen LogP contribution in [0.3, 0.4) is 0 Å². The normalized spacial score (nSPS) is 11.6. The second kappa shape index (κ2) is 16.1. The summed E-state index contributed by atoms with van der Waals surface area (Å²) in [7, 11) is -4.27. The molecule has 0 atom stereocenters. The molecule has 0 spiro atoms. The van der Waals surface area contributed by atoms with Crippen LogP contribution in [0.15, 0.2) is 94.7 Å². The van der Waals surface area contributed by atoms with Crippen molar-refractivity contribution >= 4 is 32.9 Å². The highest BCUT2D eigenvalue weighted by molar-refractivity contribution is 7.90. The lowest BCUT2D eigenvalue weighted by Crippen LogP contribution is -2.33. The quantitative estimate of drug-likeness (QED) is 0.146. The van der Waals surface area contributed by atoms with Crippen molar-refractivity contribution < 1.29 is 22.4 Å². The number of carbonyl (C=O) groups excluding carboxylic acids is 2. The van der Waals surface area contributed by atoms with Crippen molar-refractivity contribution in [2.75, 3.05) is 6.54 Å². The van der Waals surface area contributed by atoms with E-state index in [-0.39, 0.29) is 47.0 Å². The number of carbonyl (C=O) groups is 2. The van der Waals surface area contributed by atoms with Crippen molar-refractivity contribution in [2.45, 2.75) is 70.9 Å². The minimum Gasteiger partial charge on any atom is -0.355 e. The van der Waals surface area contributed by atoms with Crippen LogP contribution < -0.4 is 15.6 Å². The lowest BCUT2D eigenvalue weighted by atomic mass is 10.0. The first-order valence-electron chi connectivity index (χ1n) is 16.8. The lowest BCUT2D eigenvalue weighted by Gasteiger charge is -2.14. The van der Waals surface area contributed by atoms with Crippen molar-refractivity contribution in [2.24, 2.45) is 5.92 Å². The maximum Gasteiger partial charge on any atom is 0.277 e. The summed E-state index contributed by atoms with van der Waals surface area (Å²) in [5.41, 5.74) is 2.03. The maximum absolute atomic E-state index is 15.9. The number of hydrogen-bond acceptors (Lipinski definition) is 6. The van der Waals surface area contributed by atoms with Gasteiger partial charge in [0.25, 0.3) is 15.6 Å². The highest BCUT2D eigenvalue weighted by Gasteiger charge is 2.23. The van der Waals surface area contributed by atoms with Gasteiger partial charge in [0.2, 0.25) is 11.8 Å². The van der Waals surface area contributed by atoms with Crippen LogP contribution in [0.4, 0.5) is 4.39 Å². The summed E-state index contributed by atoms with van der Waals surface area (Å²) in [6.07, 6.45) is 4.02. The van der Waals surface area contributed by atoms with Crippen LogP contribution in [0.5, 0.6) is 0 Å². The fourth-order valence-electron chi connectivity index (χ4n) is 5.76. The van der Waals surface area contributed by atoms with Crippen molar-refractivity contribution in [3.05, 3.63) is 118 Å². The van der Waals surface area contributed by atoms with Crippen LogP contribution >= 0.6 is 0 Å². The highest BCUT2D eigenvalue weighted by Crippen LogP contribution is 2.29. The Hall–Kier alpha value is -5.10. The molecule has 0 aliphatic carbocycles. The first-order chi connectivity index (χ1) is 24.0. The van der Waals surface area contributed by atoms with E-state index in [4.69, 9.17) is 0 Å². The number of benzene rings is 3. The molecule has 0 radical (unpaired) electrons. The SMILES string of the molecule is CCCc1nc2ccn(CC(=O)NCCC(C)C)c(=O)c2n1Cc1ccc(-c2ccccc2S(=O)(=O)NC(=O)CCc2ccccc2)cc1F. The Balaban J connectivity index is 1.39. The van der Waals surface area contributed by atoms with Crippen LogP contribution in [0, 0.1) is 11.7 Å². The number of fused-ring (bicyclic) bond motifs is 1. The zero-order valence-corrected chi connectivity index (χ0v) is 29.3. The smallest absolute Gasteiger partial charge is 0.277 e. The second-order valence-electron chi connectivity index (χ2n) is 12.7. The van der Waals surface area contributed by atoms with Gasteiger partial charge in [-0.05, 0) is 54.5 Å². The molecule has 0 fully saturated rings. The summed E-state index contributed by atoms with van der Waals surface area (Å²) in [5.74, 6) is -0.483. The van der Waals surface area contributed by atoms with E-state index >= 15 is 4.39 Å². The molecular weight excluding hydrogens is 658 g/mol. The summed E-state index contributed by atoms with van der Waals surface area (Å²) in [6.45, 7) is 6.47. The molecule has 0 saturated heterocycles. The first kappa shape index (κ1) is 36.2. The number of imidazole rings is 1. The van der Waals surface area contributed by atoms with E-state index < -0.39 is 27.3 Å². The van der Waals surface area contributed by atoms with Crippen LogP contribution in [0.1, 0.15) is 57.0 Å². The number of nitrogens with zero attached hydrogens (tertiary/aromatic N) is 3. The number of aryl methyl sites for hydroxylation is 2. The summed E-state index contributed by atoms with van der Waals surface area (Å²) in [5, 5.41) is 2.85. The molecule has 0 aliphatic heterocycles. The standard InChI is InChI=1S/C38H42FN5O5S/c1-4-10-34-41-32-20-22-43(25-36(46)40-21-19-26(2)3)38(47)37(32)44(34)24-29-17-16-28(23-31(29)39)30-13-8-9-14-33(30)50(48,49)42-35(45)18-15-27-11-6-5-7-12-27/h5-9,11-14,16-17,20,22-23,26H,4,10,15,18-19,21,24-25H2,1-3H3,(H,40,46)(H,42,45). The van der Waals surface area contributed by atoms with Crippen molar-refractivity contribution in [3.8, 4) is 11.1 Å². The summed E-state index contributed by atoms with van der Waals surface area (Å²) < 4.78 is 47.8. The molecule has 262 valence electrons. The number of sulfonamides is 1. The van der Waals surface area contributed by atoms with E-state index in [1.807, 2.05) is 37.3 Å². The van der Waals surface area contributed by atoms with Gasteiger partial charge in [-0.1, -0.05) is 81.4 Å². The molecule has 2 heterocycles. The first-order valence-corrected chi connectivity index (χ1v) is 18.3. The fourth-order valence-corrected chi connectivity index (χ4v) is 7.00. The third-order valence-electron chi connectivity index (χ3n) is 8.38. The van der Waals surface area contributed by atoms with E-state index in [9.17, 15) is 22.8 Å². The monoisotopic (exact) mass is 699 g/mol. The van der Waals surface area contributed by atoms with Crippen LogP contribution in [-0.2, 0) is 45.5 Å². The molecule has 10 nitrogen and oxygen atoms in total.